The summed E-state index contributed by atoms with van der Waals surface area (Å²) in [6.45, 7) is 2.28. The maximum atomic E-state index is 13.1. The topological polar surface area (TPSA) is 67.9 Å². The Morgan fingerprint density at radius 3 is 2.49 bits per heavy atom. The van der Waals surface area contributed by atoms with Crippen molar-refractivity contribution in [1.29, 1.82) is 0 Å². The van der Waals surface area contributed by atoms with Crippen LogP contribution in [-0.2, 0) is 9.59 Å². The zero-order valence-electron chi connectivity index (χ0n) is 18.7. The summed E-state index contributed by atoms with van der Waals surface area (Å²) in [6, 6.07) is 21.2. The number of nitrogens with zero attached hydrogens (tertiary/aromatic N) is 1. The number of halogens is 1. The van der Waals surface area contributed by atoms with Crippen LogP contribution in [0.5, 0.6) is 11.5 Å². The summed E-state index contributed by atoms with van der Waals surface area (Å²) in [5.41, 5.74) is 1.95. The van der Waals surface area contributed by atoms with E-state index in [1.54, 1.807) is 66.7 Å². The largest absolute Gasteiger partial charge is 0.494 e. The molecule has 9 heteroatoms. The molecule has 1 aliphatic heterocycles. The number of amides is 2. The van der Waals surface area contributed by atoms with Crippen LogP contribution in [0.4, 0.5) is 11.4 Å². The van der Waals surface area contributed by atoms with Gasteiger partial charge in [0.05, 0.1) is 17.2 Å². The molecule has 2 amide bonds. The fourth-order valence-electron chi connectivity index (χ4n) is 3.29. The Morgan fingerprint density at radius 2 is 1.77 bits per heavy atom. The minimum Gasteiger partial charge on any atom is -0.494 e. The van der Waals surface area contributed by atoms with Crippen LogP contribution < -0.4 is 19.7 Å². The van der Waals surface area contributed by atoms with Crippen molar-refractivity contribution in [2.24, 2.45) is 0 Å². The average molecular weight is 525 g/mol. The van der Waals surface area contributed by atoms with Crippen molar-refractivity contribution >= 4 is 69.2 Å². The number of hydrogen-bond acceptors (Lipinski definition) is 6. The average Bonchev–Trinajstić information content (AvgIpc) is 3.13. The van der Waals surface area contributed by atoms with Gasteiger partial charge >= 0.3 is 0 Å². The fourth-order valence-corrected chi connectivity index (χ4v) is 4.71. The number of ether oxygens (including phenoxy) is 2. The second-order valence-corrected chi connectivity index (χ2v) is 9.44. The predicted octanol–water partition coefficient (Wildman–Crippen LogP) is 6.16. The lowest BCUT2D eigenvalue weighted by Crippen LogP contribution is -2.27. The van der Waals surface area contributed by atoms with E-state index in [-0.39, 0.29) is 18.4 Å². The number of thioether (sulfide) groups is 1. The van der Waals surface area contributed by atoms with Crippen molar-refractivity contribution in [1.82, 2.24) is 0 Å². The van der Waals surface area contributed by atoms with Crippen LogP contribution in [0.1, 0.15) is 12.5 Å². The number of nitrogens with one attached hydrogen (secondary N) is 1. The van der Waals surface area contributed by atoms with Gasteiger partial charge in [0.1, 0.15) is 11.5 Å². The molecule has 0 aliphatic carbocycles. The molecule has 1 heterocycles. The molecule has 1 aliphatic rings. The number of carbonyl (C=O) groups is 2. The smallest absolute Gasteiger partial charge is 0.270 e. The van der Waals surface area contributed by atoms with E-state index in [4.69, 9.17) is 33.3 Å². The maximum Gasteiger partial charge on any atom is 0.270 e. The Morgan fingerprint density at radius 1 is 1.06 bits per heavy atom. The summed E-state index contributed by atoms with van der Waals surface area (Å²) in [4.78, 5) is 27.4. The molecule has 3 aromatic carbocycles. The van der Waals surface area contributed by atoms with Gasteiger partial charge in [0.25, 0.3) is 11.8 Å². The van der Waals surface area contributed by atoms with Crippen molar-refractivity contribution in [3.63, 3.8) is 0 Å². The third-order valence-electron chi connectivity index (χ3n) is 4.89. The fraction of sp³-hybridized carbons (Fsp3) is 0.115. The molecule has 0 radical (unpaired) electrons. The van der Waals surface area contributed by atoms with Crippen LogP contribution in [0.3, 0.4) is 0 Å². The minimum absolute atomic E-state index is 0.194. The van der Waals surface area contributed by atoms with E-state index in [1.165, 1.54) is 16.7 Å². The molecule has 0 spiro atoms. The van der Waals surface area contributed by atoms with Gasteiger partial charge in [-0.1, -0.05) is 53.8 Å². The van der Waals surface area contributed by atoms with Gasteiger partial charge in [-0.2, -0.15) is 0 Å². The Labute approximate surface area is 217 Å². The first kappa shape index (κ1) is 24.8. The highest BCUT2D eigenvalue weighted by atomic mass is 35.5. The number of carbonyl (C=O) groups excluding carboxylic acids is 2. The lowest BCUT2D eigenvalue weighted by atomic mass is 10.2. The van der Waals surface area contributed by atoms with Crippen LogP contribution >= 0.6 is 35.6 Å². The highest BCUT2D eigenvalue weighted by Gasteiger charge is 2.33. The van der Waals surface area contributed by atoms with E-state index in [0.717, 1.165) is 5.75 Å². The zero-order chi connectivity index (χ0) is 24.8. The van der Waals surface area contributed by atoms with Crippen LogP contribution in [-0.4, -0.2) is 29.3 Å². The second kappa shape index (κ2) is 11.4. The molecule has 1 fully saturated rings. The molecule has 0 saturated carbocycles. The van der Waals surface area contributed by atoms with Gasteiger partial charge in [0, 0.05) is 16.3 Å². The maximum absolute atomic E-state index is 13.1. The molecule has 0 atom stereocenters. The van der Waals surface area contributed by atoms with Gasteiger partial charge < -0.3 is 14.8 Å². The van der Waals surface area contributed by atoms with E-state index in [9.17, 15) is 9.59 Å². The molecule has 1 saturated heterocycles. The Balaban J connectivity index is 1.46. The van der Waals surface area contributed by atoms with Gasteiger partial charge in [-0.15, -0.1) is 0 Å². The number of hydrogen-bond donors (Lipinski definition) is 1. The minimum atomic E-state index is -0.316. The highest BCUT2D eigenvalue weighted by Crippen LogP contribution is 2.37. The zero-order valence-corrected chi connectivity index (χ0v) is 21.1. The van der Waals surface area contributed by atoms with Crippen LogP contribution in [0.2, 0.25) is 5.02 Å². The van der Waals surface area contributed by atoms with Crippen LogP contribution in [0, 0.1) is 0 Å². The Hall–Kier alpha value is -3.33. The summed E-state index contributed by atoms with van der Waals surface area (Å²) in [5.74, 6) is 0.664. The lowest BCUT2D eigenvalue weighted by Gasteiger charge is -2.15. The van der Waals surface area contributed by atoms with Crippen molar-refractivity contribution in [3.05, 3.63) is 88.3 Å². The molecule has 0 aromatic heterocycles. The van der Waals surface area contributed by atoms with Gasteiger partial charge in [-0.05, 0) is 67.6 Å². The summed E-state index contributed by atoms with van der Waals surface area (Å²) in [6.07, 6.45) is 1.72. The molecular formula is C26H21ClN2O4S2. The normalized spacial score (nSPS) is 14.3. The third-order valence-corrected chi connectivity index (χ3v) is 6.45. The number of rotatable bonds is 8. The Bertz CT molecular complexity index is 1280. The monoisotopic (exact) mass is 524 g/mol. The summed E-state index contributed by atoms with van der Waals surface area (Å²) < 4.78 is 11.7. The molecule has 1 N–H and O–H groups in total. The van der Waals surface area contributed by atoms with Crippen molar-refractivity contribution < 1.29 is 19.1 Å². The number of benzene rings is 3. The van der Waals surface area contributed by atoms with Gasteiger partial charge in [-0.25, -0.2) is 0 Å². The van der Waals surface area contributed by atoms with Gasteiger partial charge in [0.2, 0.25) is 0 Å². The van der Waals surface area contributed by atoms with Crippen molar-refractivity contribution in [2.75, 3.05) is 23.4 Å². The van der Waals surface area contributed by atoms with Crippen LogP contribution in [0.15, 0.2) is 77.7 Å². The summed E-state index contributed by atoms with van der Waals surface area (Å²) in [5, 5.41) is 3.34. The summed E-state index contributed by atoms with van der Waals surface area (Å²) >= 11 is 12.6. The van der Waals surface area contributed by atoms with Gasteiger partial charge in [0.15, 0.2) is 10.9 Å². The highest BCUT2D eigenvalue weighted by molar-refractivity contribution is 8.27. The van der Waals surface area contributed by atoms with E-state index >= 15 is 0 Å². The lowest BCUT2D eigenvalue weighted by molar-refractivity contribution is -0.118. The number of thiocarbonyl (C=S) groups is 1. The van der Waals surface area contributed by atoms with E-state index in [2.05, 4.69) is 5.32 Å². The standard InChI is InChI=1S/C26H21ClN2O4S2/c1-2-32-21-13-11-20(12-14-21)29-25(31)23(35-26(29)34)15-17-5-3-4-6-22(17)33-16-24(30)28-19-9-7-18(27)8-10-19/h3-15H,2,16H2,1H3,(H,28,30)/b23-15-. The molecule has 178 valence electrons. The van der Waals surface area contributed by atoms with Crippen molar-refractivity contribution in [3.8, 4) is 11.5 Å². The molecule has 0 bridgehead atoms. The molecule has 6 nitrogen and oxygen atoms in total. The quantitative estimate of drug-likeness (QED) is 0.281. The van der Waals surface area contributed by atoms with Crippen LogP contribution in [0.25, 0.3) is 6.08 Å². The first-order valence-corrected chi connectivity index (χ1v) is 12.3. The molecule has 0 unspecified atom stereocenters. The Kier molecular flexibility index (Phi) is 8.07. The molecule has 35 heavy (non-hydrogen) atoms. The third kappa shape index (κ3) is 6.22. The molecule has 3 aromatic rings. The van der Waals surface area contributed by atoms with Crippen molar-refractivity contribution in [2.45, 2.75) is 6.92 Å². The first-order chi connectivity index (χ1) is 16.9. The van der Waals surface area contributed by atoms with E-state index in [1.807, 2.05) is 19.1 Å². The van der Waals surface area contributed by atoms with Gasteiger partial charge in [-0.3, -0.25) is 14.5 Å². The molecule has 4 rings (SSSR count). The van der Waals surface area contributed by atoms with E-state index in [0.29, 0.717) is 43.5 Å². The van der Waals surface area contributed by atoms with E-state index < -0.39 is 0 Å². The number of para-hydroxylation sites is 1. The predicted molar refractivity (Wildman–Crippen MR) is 145 cm³/mol. The molecular weight excluding hydrogens is 504 g/mol. The summed E-state index contributed by atoms with van der Waals surface area (Å²) in [7, 11) is 0. The SMILES string of the molecule is CCOc1ccc(N2C(=O)/C(=C/c3ccccc3OCC(=O)Nc3ccc(Cl)cc3)SC2=S)cc1. The number of anilines is 2. The first-order valence-electron chi connectivity index (χ1n) is 10.7. The second-order valence-electron chi connectivity index (χ2n) is 7.33.